The lowest BCUT2D eigenvalue weighted by Crippen LogP contribution is -2.21. The average molecular weight is 306 g/mol. The lowest BCUT2D eigenvalue weighted by atomic mass is 10.2. The first-order valence-corrected chi connectivity index (χ1v) is 6.72. The molecule has 0 unspecified atom stereocenters. The molecule has 3 nitrogen and oxygen atoms in total. The molecule has 0 aliphatic heterocycles. The van der Waals surface area contributed by atoms with E-state index >= 15 is 0 Å². The summed E-state index contributed by atoms with van der Waals surface area (Å²) in [5.41, 5.74) is 2.22. The highest BCUT2D eigenvalue weighted by atomic mass is 79.9. The van der Waals surface area contributed by atoms with Gasteiger partial charge >= 0.3 is 0 Å². The third-order valence-corrected chi connectivity index (χ3v) is 3.17. The Labute approximate surface area is 116 Å². The molecule has 18 heavy (non-hydrogen) atoms. The fourth-order valence-electron chi connectivity index (χ4n) is 1.71. The van der Waals surface area contributed by atoms with E-state index < -0.39 is 0 Å². The van der Waals surface area contributed by atoms with E-state index in [1.54, 1.807) is 0 Å². The van der Waals surface area contributed by atoms with Crippen LogP contribution in [0.1, 0.15) is 11.4 Å². The van der Waals surface area contributed by atoms with Crippen LogP contribution < -0.4 is 0 Å². The van der Waals surface area contributed by atoms with E-state index in [4.69, 9.17) is 0 Å². The van der Waals surface area contributed by atoms with Crippen LogP contribution in [0.4, 0.5) is 0 Å². The second-order valence-electron chi connectivity index (χ2n) is 4.28. The summed E-state index contributed by atoms with van der Waals surface area (Å²) in [6.45, 7) is 1.84. The topological polar surface area (TPSA) is 29.0 Å². The largest absolute Gasteiger partial charge is 0.300 e. The second kappa shape index (κ2) is 6.61. The van der Waals surface area contributed by atoms with E-state index in [0.717, 1.165) is 35.4 Å². The number of rotatable bonds is 5. The van der Waals surface area contributed by atoms with Crippen molar-refractivity contribution in [1.82, 2.24) is 14.9 Å². The number of hydrogen-bond acceptors (Lipinski definition) is 3. The van der Waals surface area contributed by atoms with E-state index in [-0.39, 0.29) is 0 Å². The molecule has 94 valence electrons. The molecular formula is C14H16BrN3. The number of pyridine rings is 2. The fraction of sp³-hybridized carbons (Fsp3) is 0.286. The summed E-state index contributed by atoms with van der Waals surface area (Å²) >= 11 is 3.39. The normalized spacial score (nSPS) is 10.8. The molecule has 2 rings (SSSR count). The minimum atomic E-state index is 0.861. The number of hydrogen-bond donors (Lipinski definition) is 0. The summed E-state index contributed by atoms with van der Waals surface area (Å²) in [5, 5.41) is 0. The van der Waals surface area contributed by atoms with Gasteiger partial charge in [0.05, 0.1) is 5.69 Å². The van der Waals surface area contributed by atoms with Gasteiger partial charge in [0.15, 0.2) is 0 Å². The zero-order chi connectivity index (χ0) is 12.8. The first-order valence-electron chi connectivity index (χ1n) is 5.93. The molecule has 2 heterocycles. The molecule has 0 N–H and O–H groups in total. The number of likely N-dealkylation sites (N-methyl/N-ethyl adjacent to an activating group) is 1. The highest BCUT2D eigenvalue weighted by Crippen LogP contribution is 2.08. The Morgan fingerprint density at radius 2 is 2.00 bits per heavy atom. The zero-order valence-corrected chi connectivity index (χ0v) is 12.0. The van der Waals surface area contributed by atoms with Crippen molar-refractivity contribution in [1.29, 1.82) is 0 Å². The fourth-order valence-corrected chi connectivity index (χ4v) is 1.94. The summed E-state index contributed by atoms with van der Waals surface area (Å²) in [4.78, 5) is 10.9. The molecule has 0 radical (unpaired) electrons. The van der Waals surface area contributed by atoms with Crippen LogP contribution in [0.25, 0.3) is 0 Å². The molecule has 0 aliphatic rings. The molecule has 4 heteroatoms. The first kappa shape index (κ1) is 13.2. The average Bonchev–Trinajstić information content (AvgIpc) is 2.40. The standard InChI is InChI=1S/C14H16BrN3/c1-18(9-7-13-4-2-3-8-16-13)11-14-6-5-12(15)10-17-14/h2-6,8,10H,7,9,11H2,1H3. The van der Waals surface area contributed by atoms with Crippen molar-refractivity contribution in [3.8, 4) is 0 Å². The molecule has 0 amide bonds. The maximum absolute atomic E-state index is 4.37. The predicted molar refractivity (Wildman–Crippen MR) is 76.2 cm³/mol. The van der Waals surface area contributed by atoms with Crippen molar-refractivity contribution in [2.45, 2.75) is 13.0 Å². The molecule has 0 saturated heterocycles. The molecule has 0 fully saturated rings. The van der Waals surface area contributed by atoms with Gasteiger partial charge in [-0.2, -0.15) is 0 Å². The smallest absolute Gasteiger partial charge is 0.0544 e. The van der Waals surface area contributed by atoms with Gasteiger partial charge in [0.1, 0.15) is 0 Å². The number of nitrogens with zero attached hydrogens (tertiary/aromatic N) is 3. The molecule has 0 bridgehead atoms. The Hall–Kier alpha value is -1.26. The van der Waals surface area contributed by atoms with E-state index in [9.17, 15) is 0 Å². The van der Waals surface area contributed by atoms with Crippen LogP contribution in [0.15, 0.2) is 47.2 Å². The van der Waals surface area contributed by atoms with Gasteiger partial charge < -0.3 is 4.90 Å². The van der Waals surface area contributed by atoms with Crippen molar-refractivity contribution >= 4 is 15.9 Å². The molecule has 0 spiro atoms. The summed E-state index contributed by atoms with van der Waals surface area (Å²) in [7, 11) is 2.10. The van der Waals surface area contributed by atoms with Crippen LogP contribution in [0, 0.1) is 0 Å². The highest BCUT2D eigenvalue weighted by molar-refractivity contribution is 9.10. The summed E-state index contributed by atoms with van der Waals surface area (Å²) in [6.07, 6.45) is 4.64. The van der Waals surface area contributed by atoms with Gasteiger partial charge in [-0.25, -0.2) is 0 Å². The second-order valence-corrected chi connectivity index (χ2v) is 5.19. The van der Waals surface area contributed by atoms with Crippen molar-refractivity contribution < 1.29 is 0 Å². The Morgan fingerprint density at radius 1 is 1.11 bits per heavy atom. The van der Waals surface area contributed by atoms with Gasteiger partial charge in [-0.05, 0) is 47.2 Å². The monoisotopic (exact) mass is 305 g/mol. The maximum Gasteiger partial charge on any atom is 0.0544 e. The number of halogens is 1. The Morgan fingerprint density at radius 3 is 2.67 bits per heavy atom. The molecule has 2 aromatic heterocycles. The van der Waals surface area contributed by atoms with E-state index in [0.29, 0.717) is 0 Å². The SMILES string of the molecule is CN(CCc1ccccn1)Cc1ccc(Br)cn1. The van der Waals surface area contributed by atoms with Crippen LogP contribution in [-0.2, 0) is 13.0 Å². The molecule has 0 saturated carbocycles. The predicted octanol–water partition coefficient (Wildman–Crippen LogP) is 2.91. The van der Waals surface area contributed by atoms with Gasteiger partial charge in [0, 0.05) is 42.1 Å². The molecule has 0 atom stereocenters. The van der Waals surface area contributed by atoms with Gasteiger partial charge in [-0.3, -0.25) is 9.97 Å². The summed E-state index contributed by atoms with van der Waals surface area (Å²) < 4.78 is 1.02. The van der Waals surface area contributed by atoms with Crippen molar-refractivity contribution in [2.24, 2.45) is 0 Å². The van der Waals surface area contributed by atoms with Gasteiger partial charge in [0.2, 0.25) is 0 Å². The maximum atomic E-state index is 4.37. The Balaban J connectivity index is 1.82. The van der Waals surface area contributed by atoms with E-state index in [1.807, 2.05) is 36.7 Å². The molecule has 0 aromatic carbocycles. The molecular weight excluding hydrogens is 290 g/mol. The van der Waals surface area contributed by atoms with Gasteiger partial charge in [-0.1, -0.05) is 6.07 Å². The lowest BCUT2D eigenvalue weighted by molar-refractivity contribution is 0.326. The molecule has 0 aliphatic carbocycles. The van der Waals surface area contributed by atoms with Crippen molar-refractivity contribution in [3.63, 3.8) is 0 Å². The van der Waals surface area contributed by atoms with Crippen molar-refractivity contribution in [3.05, 3.63) is 58.6 Å². The van der Waals surface area contributed by atoms with Crippen LogP contribution >= 0.6 is 15.9 Å². The summed E-state index contributed by atoms with van der Waals surface area (Å²) in [5.74, 6) is 0. The van der Waals surface area contributed by atoms with Gasteiger partial charge in [-0.15, -0.1) is 0 Å². The molecule has 2 aromatic rings. The van der Waals surface area contributed by atoms with Gasteiger partial charge in [0.25, 0.3) is 0 Å². The quantitative estimate of drug-likeness (QED) is 0.850. The first-order chi connectivity index (χ1) is 8.74. The lowest BCUT2D eigenvalue weighted by Gasteiger charge is -2.15. The zero-order valence-electron chi connectivity index (χ0n) is 10.4. The van der Waals surface area contributed by atoms with E-state index in [2.05, 4.69) is 43.9 Å². The highest BCUT2D eigenvalue weighted by Gasteiger charge is 2.02. The van der Waals surface area contributed by atoms with E-state index in [1.165, 1.54) is 0 Å². The number of aromatic nitrogens is 2. The minimum Gasteiger partial charge on any atom is -0.300 e. The van der Waals surface area contributed by atoms with Crippen molar-refractivity contribution in [2.75, 3.05) is 13.6 Å². The Kier molecular flexibility index (Phi) is 4.84. The Bertz CT molecular complexity index is 470. The third kappa shape index (κ3) is 4.20. The van der Waals surface area contributed by atoms with Crippen LogP contribution in [0.3, 0.4) is 0 Å². The third-order valence-electron chi connectivity index (χ3n) is 2.70. The van der Waals surface area contributed by atoms with Crippen LogP contribution in [-0.4, -0.2) is 28.5 Å². The van der Waals surface area contributed by atoms with Crippen LogP contribution in [0.2, 0.25) is 0 Å². The van der Waals surface area contributed by atoms with Crippen LogP contribution in [0.5, 0.6) is 0 Å². The summed E-state index contributed by atoms with van der Waals surface area (Å²) in [6, 6.07) is 10.1. The minimum absolute atomic E-state index is 0.861.